The summed E-state index contributed by atoms with van der Waals surface area (Å²) >= 11 is 0. The van der Waals surface area contributed by atoms with E-state index in [1.165, 1.54) is 18.5 Å². The first-order valence-electron chi connectivity index (χ1n) is 8.26. The first kappa shape index (κ1) is 17.3. The van der Waals surface area contributed by atoms with Crippen LogP contribution in [0.1, 0.15) is 38.3 Å². The molecule has 0 unspecified atom stereocenters. The van der Waals surface area contributed by atoms with Crippen LogP contribution in [0.25, 0.3) is 0 Å². The Labute approximate surface area is 137 Å². The zero-order valence-electron chi connectivity index (χ0n) is 13.9. The molecule has 1 aromatic carbocycles. The molecule has 0 saturated carbocycles. The third-order valence-corrected chi connectivity index (χ3v) is 4.00. The molecule has 1 atom stereocenters. The van der Waals surface area contributed by atoms with Crippen LogP contribution in [0.15, 0.2) is 24.3 Å². The fourth-order valence-electron chi connectivity index (χ4n) is 2.71. The van der Waals surface area contributed by atoms with Crippen LogP contribution in [0.4, 0.5) is 10.5 Å². The van der Waals surface area contributed by atoms with Crippen molar-refractivity contribution < 1.29 is 9.59 Å². The Morgan fingerprint density at radius 2 is 2.00 bits per heavy atom. The minimum Gasteiger partial charge on any atom is -0.372 e. The summed E-state index contributed by atoms with van der Waals surface area (Å²) in [6.07, 6.45) is 2.50. The standard InChI is InChI=1S/C17H26N4O2/c1-3-18-17(23)20-16(22)12-19-13(2)14-7-6-8-15(11-14)21-9-4-5-10-21/h6-8,11,13,19H,3-5,9-10,12H2,1-2H3,(H2,18,20,22,23)/t13-/m1/s1. The molecule has 1 aliphatic rings. The summed E-state index contributed by atoms with van der Waals surface area (Å²) in [6, 6.07) is 7.99. The molecule has 1 fully saturated rings. The van der Waals surface area contributed by atoms with Crippen molar-refractivity contribution in [2.75, 3.05) is 31.1 Å². The van der Waals surface area contributed by atoms with Gasteiger partial charge in [0.15, 0.2) is 0 Å². The second-order valence-electron chi connectivity index (χ2n) is 5.80. The van der Waals surface area contributed by atoms with Crippen molar-refractivity contribution in [2.24, 2.45) is 0 Å². The van der Waals surface area contributed by atoms with Gasteiger partial charge in [-0.2, -0.15) is 0 Å². The molecule has 0 aliphatic carbocycles. The number of urea groups is 1. The number of benzene rings is 1. The summed E-state index contributed by atoms with van der Waals surface area (Å²) in [4.78, 5) is 25.4. The zero-order chi connectivity index (χ0) is 16.7. The molecule has 6 nitrogen and oxygen atoms in total. The number of nitrogens with zero attached hydrogens (tertiary/aromatic N) is 1. The number of anilines is 1. The van der Waals surface area contributed by atoms with E-state index in [1.54, 1.807) is 6.92 Å². The number of carbonyl (C=O) groups is 2. The Hall–Kier alpha value is -2.08. The number of hydrogen-bond acceptors (Lipinski definition) is 4. The fraction of sp³-hybridized carbons (Fsp3) is 0.529. The third-order valence-electron chi connectivity index (χ3n) is 4.00. The minimum absolute atomic E-state index is 0.0394. The lowest BCUT2D eigenvalue weighted by Gasteiger charge is -2.20. The van der Waals surface area contributed by atoms with Gasteiger partial charge in [-0.25, -0.2) is 4.79 Å². The van der Waals surface area contributed by atoms with Gasteiger partial charge >= 0.3 is 6.03 Å². The number of carbonyl (C=O) groups excluding carboxylic acids is 2. The predicted octanol–water partition coefficient (Wildman–Crippen LogP) is 1.78. The fourth-order valence-corrected chi connectivity index (χ4v) is 2.71. The average molecular weight is 318 g/mol. The highest BCUT2D eigenvalue weighted by Crippen LogP contribution is 2.23. The predicted molar refractivity (Wildman–Crippen MR) is 91.5 cm³/mol. The molecule has 3 amide bonds. The monoisotopic (exact) mass is 318 g/mol. The highest BCUT2D eigenvalue weighted by atomic mass is 16.2. The highest BCUT2D eigenvalue weighted by Gasteiger charge is 2.14. The normalized spacial score (nSPS) is 15.3. The van der Waals surface area contributed by atoms with Crippen LogP contribution in [0.3, 0.4) is 0 Å². The van der Waals surface area contributed by atoms with E-state index >= 15 is 0 Å². The van der Waals surface area contributed by atoms with Gasteiger partial charge in [0.1, 0.15) is 0 Å². The van der Waals surface area contributed by atoms with E-state index in [9.17, 15) is 9.59 Å². The second-order valence-corrected chi connectivity index (χ2v) is 5.80. The lowest BCUT2D eigenvalue weighted by atomic mass is 10.1. The molecule has 6 heteroatoms. The van der Waals surface area contributed by atoms with Crippen LogP contribution in [-0.2, 0) is 4.79 Å². The summed E-state index contributed by atoms with van der Waals surface area (Å²) in [5.74, 6) is -0.335. The molecule has 0 spiro atoms. The van der Waals surface area contributed by atoms with Crippen LogP contribution in [-0.4, -0.2) is 38.1 Å². The average Bonchev–Trinajstić information content (AvgIpc) is 3.07. The van der Waals surface area contributed by atoms with Gasteiger partial charge in [-0.15, -0.1) is 0 Å². The lowest BCUT2D eigenvalue weighted by Crippen LogP contribution is -2.43. The van der Waals surface area contributed by atoms with Crippen LogP contribution in [0.5, 0.6) is 0 Å². The smallest absolute Gasteiger partial charge is 0.321 e. The number of hydrogen-bond donors (Lipinski definition) is 3. The summed E-state index contributed by atoms with van der Waals surface area (Å²) in [5, 5.41) is 7.97. The third kappa shape index (κ3) is 5.25. The molecule has 0 aromatic heterocycles. The van der Waals surface area contributed by atoms with E-state index in [0.717, 1.165) is 18.7 Å². The number of amides is 3. The maximum atomic E-state index is 11.7. The van der Waals surface area contributed by atoms with E-state index < -0.39 is 6.03 Å². The summed E-state index contributed by atoms with van der Waals surface area (Å²) in [5.41, 5.74) is 2.38. The molecular formula is C17H26N4O2. The molecule has 1 aliphatic heterocycles. The molecule has 1 aromatic rings. The maximum Gasteiger partial charge on any atom is 0.321 e. The van der Waals surface area contributed by atoms with Gasteiger partial charge in [0.25, 0.3) is 0 Å². The number of imide groups is 1. The van der Waals surface area contributed by atoms with Crippen LogP contribution in [0.2, 0.25) is 0 Å². The lowest BCUT2D eigenvalue weighted by molar-refractivity contribution is -0.119. The Balaban J connectivity index is 1.85. The largest absolute Gasteiger partial charge is 0.372 e. The van der Waals surface area contributed by atoms with Gasteiger partial charge in [0.2, 0.25) is 5.91 Å². The molecular weight excluding hydrogens is 292 g/mol. The van der Waals surface area contributed by atoms with Crippen molar-refractivity contribution in [3.05, 3.63) is 29.8 Å². The molecule has 0 bridgehead atoms. The van der Waals surface area contributed by atoms with E-state index in [0.29, 0.717) is 6.54 Å². The maximum absolute atomic E-state index is 11.7. The Morgan fingerprint density at radius 1 is 1.26 bits per heavy atom. The first-order chi connectivity index (χ1) is 11.1. The number of rotatable bonds is 6. The van der Waals surface area contributed by atoms with Crippen molar-refractivity contribution in [3.8, 4) is 0 Å². The van der Waals surface area contributed by atoms with Crippen molar-refractivity contribution >= 4 is 17.6 Å². The summed E-state index contributed by atoms with van der Waals surface area (Å²) in [7, 11) is 0. The van der Waals surface area contributed by atoms with E-state index in [4.69, 9.17) is 0 Å². The minimum atomic E-state index is -0.456. The molecule has 2 rings (SSSR count). The van der Waals surface area contributed by atoms with E-state index in [1.807, 2.05) is 6.92 Å². The van der Waals surface area contributed by atoms with Gasteiger partial charge in [0.05, 0.1) is 6.54 Å². The van der Waals surface area contributed by atoms with E-state index in [-0.39, 0.29) is 18.5 Å². The van der Waals surface area contributed by atoms with Gasteiger partial charge in [-0.1, -0.05) is 12.1 Å². The van der Waals surface area contributed by atoms with Crippen molar-refractivity contribution in [2.45, 2.75) is 32.7 Å². The molecule has 1 saturated heterocycles. The molecule has 126 valence electrons. The van der Waals surface area contributed by atoms with Gasteiger partial charge in [-0.05, 0) is 44.4 Å². The van der Waals surface area contributed by atoms with Gasteiger partial charge in [0, 0.05) is 31.4 Å². The van der Waals surface area contributed by atoms with E-state index in [2.05, 4.69) is 45.1 Å². The second kappa shape index (κ2) is 8.53. The van der Waals surface area contributed by atoms with Crippen LogP contribution in [0, 0.1) is 0 Å². The van der Waals surface area contributed by atoms with Crippen LogP contribution >= 0.6 is 0 Å². The Bertz CT molecular complexity index is 541. The van der Waals surface area contributed by atoms with Gasteiger partial charge < -0.3 is 15.5 Å². The summed E-state index contributed by atoms with van der Waals surface area (Å²) < 4.78 is 0. The molecule has 0 radical (unpaired) electrons. The molecule has 3 N–H and O–H groups in total. The van der Waals surface area contributed by atoms with Crippen molar-refractivity contribution in [1.82, 2.24) is 16.0 Å². The topological polar surface area (TPSA) is 73.5 Å². The van der Waals surface area contributed by atoms with Crippen LogP contribution < -0.4 is 20.9 Å². The Morgan fingerprint density at radius 3 is 2.70 bits per heavy atom. The number of nitrogens with one attached hydrogen (secondary N) is 3. The van der Waals surface area contributed by atoms with Crippen molar-refractivity contribution in [1.29, 1.82) is 0 Å². The first-order valence-corrected chi connectivity index (χ1v) is 8.26. The Kier molecular flexibility index (Phi) is 6.40. The van der Waals surface area contributed by atoms with Gasteiger partial charge in [-0.3, -0.25) is 10.1 Å². The van der Waals surface area contributed by atoms with Crippen molar-refractivity contribution in [3.63, 3.8) is 0 Å². The molecule has 1 heterocycles. The quantitative estimate of drug-likeness (QED) is 0.747. The SMILES string of the molecule is CCNC(=O)NC(=O)CN[C@H](C)c1cccc(N2CCCC2)c1. The summed E-state index contributed by atoms with van der Waals surface area (Å²) in [6.45, 7) is 6.64. The molecule has 23 heavy (non-hydrogen) atoms. The zero-order valence-corrected chi connectivity index (χ0v) is 13.9. The highest BCUT2D eigenvalue weighted by molar-refractivity contribution is 5.95.